The maximum Gasteiger partial charge on any atom is 0.123 e. The lowest BCUT2D eigenvalue weighted by molar-refractivity contribution is 0.499. The largest absolute Gasteiger partial charge is 0.310 e. The predicted molar refractivity (Wildman–Crippen MR) is 66.9 cm³/mol. The summed E-state index contributed by atoms with van der Waals surface area (Å²) >= 11 is 0. The second-order valence-corrected chi connectivity index (χ2v) is 3.88. The van der Waals surface area contributed by atoms with Crippen molar-refractivity contribution in [1.82, 2.24) is 5.32 Å². The average Bonchev–Trinajstić information content (AvgIpc) is 2.29. The lowest BCUT2D eigenvalue weighted by Crippen LogP contribution is -2.20. The highest BCUT2D eigenvalue weighted by Gasteiger charge is 2.09. The Morgan fingerprint density at radius 3 is 2.62 bits per heavy atom. The Bertz CT molecular complexity index is 305. The molecule has 0 amide bonds. The molecular weight excluding hydrogens is 201 g/mol. The quantitative estimate of drug-likeness (QED) is 0.545. The van der Waals surface area contributed by atoms with Crippen LogP contribution >= 0.6 is 0 Å². The topological polar surface area (TPSA) is 12.0 Å². The van der Waals surface area contributed by atoms with Crippen LogP contribution in [0.1, 0.15) is 37.8 Å². The summed E-state index contributed by atoms with van der Waals surface area (Å²) in [5, 5.41) is 3.42. The zero-order chi connectivity index (χ0) is 11.8. The molecule has 1 N–H and O–H groups in total. The van der Waals surface area contributed by atoms with E-state index in [4.69, 9.17) is 0 Å². The zero-order valence-electron chi connectivity index (χ0n) is 9.88. The van der Waals surface area contributed by atoms with E-state index in [0.717, 1.165) is 31.4 Å². The van der Waals surface area contributed by atoms with Gasteiger partial charge in [0, 0.05) is 6.04 Å². The maximum atomic E-state index is 12.8. The zero-order valence-corrected chi connectivity index (χ0v) is 9.88. The Labute approximate surface area is 97.4 Å². The van der Waals surface area contributed by atoms with Gasteiger partial charge in [-0.15, -0.1) is 6.58 Å². The van der Waals surface area contributed by atoms with Crippen molar-refractivity contribution in [1.29, 1.82) is 0 Å². The summed E-state index contributed by atoms with van der Waals surface area (Å²) in [5.74, 6) is -0.176. The van der Waals surface area contributed by atoms with Gasteiger partial charge in [-0.3, -0.25) is 0 Å². The van der Waals surface area contributed by atoms with Crippen LogP contribution in [0.4, 0.5) is 4.39 Å². The van der Waals surface area contributed by atoms with Gasteiger partial charge in [0.15, 0.2) is 0 Å². The Morgan fingerprint density at radius 2 is 2.06 bits per heavy atom. The van der Waals surface area contributed by atoms with Crippen LogP contribution < -0.4 is 5.32 Å². The van der Waals surface area contributed by atoms with Gasteiger partial charge in [0.1, 0.15) is 5.82 Å². The minimum absolute atomic E-state index is 0.176. The highest BCUT2D eigenvalue weighted by molar-refractivity contribution is 5.19. The minimum atomic E-state index is -0.176. The molecule has 0 saturated carbocycles. The van der Waals surface area contributed by atoms with Crippen LogP contribution in [0.5, 0.6) is 0 Å². The second kappa shape index (κ2) is 7.18. The van der Waals surface area contributed by atoms with E-state index in [9.17, 15) is 4.39 Å². The normalized spacial score (nSPS) is 12.4. The molecule has 1 aromatic rings. The summed E-state index contributed by atoms with van der Waals surface area (Å²) in [6, 6.07) is 7.08. The van der Waals surface area contributed by atoms with Crippen molar-refractivity contribution in [2.24, 2.45) is 0 Å². The number of benzene rings is 1. The number of halogens is 1. The van der Waals surface area contributed by atoms with Crippen molar-refractivity contribution >= 4 is 0 Å². The van der Waals surface area contributed by atoms with Crippen LogP contribution in [0.2, 0.25) is 0 Å². The third-order valence-corrected chi connectivity index (χ3v) is 2.62. The molecule has 0 aromatic heterocycles. The molecule has 0 bridgehead atoms. The Morgan fingerprint density at radius 1 is 1.38 bits per heavy atom. The summed E-state index contributed by atoms with van der Waals surface area (Å²) in [7, 11) is 0. The number of nitrogens with one attached hydrogen (secondary N) is 1. The van der Waals surface area contributed by atoms with Crippen LogP contribution in [-0.4, -0.2) is 6.54 Å². The Kier molecular flexibility index (Phi) is 5.79. The van der Waals surface area contributed by atoms with E-state index in [2.05, 4.69) is 18.8 Å². The molecule has 0 aliphatic rings. The van der Waals surface area contributed by atoms with Crippen LogP contribution in [-0.2, 0) is 0 Å². The molecule has 0 saturated heterocycles. The van der Waals surface area contributed by atoms with Gasteiger partial charge in [0.2, 0.25) is 0 Å². The molecule has 0 aliphatic carbocycles. The number of hydrogen-bond acceptors (Lipinski definition) is 1. The van der Waals surface area contributed by atoms with Gasteiger partial charge >= 0.3 is 0 Å². The standard InChI is InChI=1S/C14H20FN/c1-3-5-6-7-14(16-4-2)12-8-10-13(15)11-9-12/h3,8-11,14,16H,1,4-7H2,2H3. The third-order valence-electron chi connectivity index (χ3n) is 2.62. The Balaban J connectivity index is 2.60. The molecule has 1 rings (SSSR count). The van der Waals surface area contributed by atoms with E-state index in [1.165, 1.54) is 12.1 Å². The van der Waals surface area contributed by atoms with E-state index >= 15 is 0 Å². The van der Waals surface area contributed by atoms with Gasteiger partial charge in [-0.05, 0) is 43.5 Å². The molecule has 88 valence electrons. The Hall–Kier alpha value is -1.15. The summed E-state index contributed by atoms with van der Waals surface area (Å²) in [4.78, 5) is 0. The van der Waals surface area contributed by atoms with E-state index in [-0.39, 0.29) is 5.82 Å². The molecule has 1 unspecified atom stereocenters. The third kappa shape index (κ3) is 4.15. The van der Waals surface area contributed by atoms with Crippen LogP contribution in [0.25, 0.3) is 0 Å². The van der Waals surface area contributed by atoms with Crippen molar-refractivity contribution in [2.75, 3.05) is 6.54 Å². The van der Waals surface area contributed by atoms with Crippen molar-refractivity contribution in [3.63, 3.8) is 0 Å². The molecule has 0 radical (unpaired) electrons. The summed E-state index contributed by atoms with van der Waals surface area (Å²) in [6.07, 6.45) is 5.14. The number of allylic oxidation sites excluding steroid dienone is 1. The predicted octanol–water partition coefficient (Wildman–Crippen LogP) is 3.83. The lowest BCUT2D eigenvalue weighted by atomic mass is 10.0. The van der Waals surface area contributed by atoms with Crippen LogP contribution in [0.15, 0.2) is 36.9 Å². The molecule has 0 aliphatic heterocycles. The van der Waals surface area contributed by atoms with E-state index in [1.807, 2.05) is 18.2 Å². The molecule has 0 fully saturated rings. The van der Waals surface area contributed by atoms with Gasteiger partial charge < -0.3 is 5.32 Å². The molecule has 0 heterocycles. The molecule has 16 heavy (non-hydrogen) atoms. The first kappa shape index (κ1) is 12.9. The van der Waals surface area contributed by atoms with E-state index in [1.54, 1.807) is 0 Å². The van der Waals surface area contributed by atoms with Gasteiger partial charge in [-0.2, -0.15) is 0 Å². The van der Waals surface area contributed by atoms with E-state index < -0.39 is 0 Å². The molecule has 0 spiro atoms. The summed E-state index contributed by atoms with van der Waals surface area (Å²) in [5.41, 5.74) is 1.16. The number of rotatable bonds is 7. The van der Waals surface area contributed by atoms with Gasteiger partial charge in [-0.25, -0.2) is 4.39 Å². The molecule has 1 nitrogen and oxygen atoms in total. The summed E-state index contributed by atoms with van der Waals surface area (Å²) < 4.78 is 12.8. The molecule has 1 atom stereocenters. The van der Waals surface area contributed by atoms with Crippen LogP contribution in [0, 0.1) is 5.82 Å². The first-order valence-electron chi connectivity index (χ1n) is 5.87. The minimum Gasteiger partial charge on any atom is -0.310 e. The highest BCUT2D eigenvalue weighted by Crippen LogP contribution is 2.19. The summed E-state index contributed by atoms with van der Waals surface area (Å²) in [6.45, 7) is 6.73. The fraction of sp³-hybridized carbons (Fsp3) is 0.429. The number of hydrogen-bond donors (Lipinski definition) is 1. The smallest absolute Gasteiger partial charge is 0.123 e. The van der Waals surface area contributed by atoms with Gasteiger partial charge in [-0.1, -0.05) is 25.1 Å². The van der Waals surface area contributed by atoms with Crippen molar-refractivity contribution in [3.05, 3.63) is 48.3 Å². The van der Waals surface area contributed by atoms with Gasteiger partial charge in [0.05, 0.1) is 0 Å². The molecular formula is C14H20FN. The van der Waals surface area contributed by atoms with Crippen LogP contribution in [0.3, 0.4) is 0 Å². The number of unbranched alkanes of at least 4 members (excludes halogenated alkanes) is 1. The van der Waals surface area contributed by atoms with Crippen molar-refractivity contribution in [3.8, 4) is 0 Å². The first-order chi connectivity index (χ1) is 7.77. The van der Waals surface area contributed by atoms with Crippen molar-refractivity contribution < 1.29 is 4.39 Å². The highest BCUT2D eigenvalue weighted by atomic mass is 19.1. The lowest BCUT2D eigenvalue weighted by Gasteiger charge is -2.18. The van der Waals surface area contributed by atoms with Crippen molar-refractivity contribution in [2.45, 2.75) is 32.2 Å². The van der Waals surface area contributed by atoms with E-state index in [0.29, 0.717) is 6.04 Å². The SMILES string of the molecule is C=CCCCC(NCC)c1ccc(F)cc1. The average molecular weight is 221 g/mol. The second-order valence-electron chi connectivity index (χ2n) is 3.88. The maximum absolute atomic E-state index is 12.8. The fourth-order valence-electron chi connectivity index (χ4n) is 1.79. The van der Waals surface area contributed by atoms with Gasteiger partial charge in [0.25, 0.3) is 0 Å². The fourth-order valence-corrected chi connectivity index (χ4v) is 1.79. The molecule has 1 aromatic carbocycles. The first-order valence-corrected chi connectivity index (χ1v) is 5.87. The molecule has 2 heteroatoms. The monoisotopic (exact) mass is 221 g/mol.